The number of methoxy groups -OCH3 is 1. The van der Waals surface area contributed by atoms with Crippen molar-refractivity contribution < 1.29 is 13.9 Å². The molecule has 3 rings (SSSR count). The Bertz CT molecular complexity index is 825. The molecule has 0 radical (unpaired) electrons. The lowest BCUT2D eigenvalue weighted by molar-refractivity contribution is 0.0994. The van der Waals surface area contributed by atoms with E-state index >= 15 is 0 Å². The summed E-state index contributed by atoms with van der Waals surface area (Å²) < 4.78 is 12.3. The molecule has 6 nitrogen and oxygen atoms in total. The third-order valence-electron chi connectivity index (χ3n) is 3.60. The van der Waals surface area contributed by atoms with Crippen molar-refractivity contribution in [3.63, 3.8) is 0 Å². The lowest BCUT2D eigenvalue weighted by Crippen LogP contribution is -2.14. The number of ether oxygens (including phenoxy) is 1. The average molecular weight is 343 g/mol. The first-order valence-electron chi connectivity index (χ1n) is 7.38. The number of carbonyl (C=O) groups excluding carboxylic acids is 1. The van der Waals surface area contributed by atoms with Gasteiger partial charge in [0, 0.05) is 12.6 Å². The number of benzene rings is 1. The molecule has 0 aliphatic carbocycles. The molecule has 2 aromatic heterocycles. The summed E-state index contributed by atoms with van der Waals surface area (Å²) in [5.41, 5.74) is 0.643. The fourth-order valence-electron chi connectivity index (χ4n) is 2.24. The number of ketones is 1. The highest BCUT2D eigenvalue weighted by Crippen LogP contribution is 2.27. The number of hydrogen-bond acceptors (Lipinski definition) is 6. The zero-order valence-electron chi connectivity index (χ0n) is 13.6. The summed E-state index contributed by atoms with van der Waals surface area (Å²) >= 11 is 1.37. The fourth-order valence-corrected chi connectivity index (χ4v) is 3.13. The molecule has 0 amide bonds. The van der Waals surface area contributed by atoms with Gasteiger partial charge < -0.3 is 13.7 Å². The van der Waals surface area contributed by atoms with Crippen LogP contribution in [-0.4, -0.2) is 32.9 Å². The normalized spacial score (nSPS) is 12.1. The summed E-state index contributed by atoms with van der Waals surface area (Å²) in [7, 11) is 3.45. The highest BCUT2D eigenvalue weighted by Gasteiger charge is 2.21. The third-order valence-corrected chi connectivity index (χ3v) is 4.74. The maximum absolute atomic E-state index is 12.6. The first kappa shape index (κ1) is 16.3. The summed E-state index contributed by atoms with van der Waals surface area (Å²) in [6, 6.07) is 10.7. The molecule has 3 aromatic rings. The van der Waals surface area contributed by atoms with Crippen LogP contribution in [0.1, 0.15) is 17.3 Å². The van der Waals surface area contributed by atoms with E-state index in [2.05, 4.69) is 10.2 Å². The maximum Gasteiger partial charge on any atom is 0.200 e. The first-order chi connectivity index (χ1) is 11.6. The van der Waals surface area contributed by atoms with E-state index in [1.807, 2.05) is 24.6 Å². The molecule has 124 valence electrons. The van der Waals surface area contributed by atoms with Crippen molar-refractivity contribution in [1.29, 1.82) is 0 Å². The Hall–Kier alpha value is -2.54. The molecule has 0 N–H and O–H groups in total. The number of aromatic nitrogens is 3. The number of nitrogens with zero attached hydrogens (tertiary/aromatic N) is 3. The van der Waals surface area contributed by atoms with Gasteiger partial charge in [-0.2, -0.15) is 0 Å². The smallest absolute Gasteiger partial charge is 0.200 e. The first-order valence-corrected chi connectivity index (χ1v) is 8.26. The summed E-state index contributed by atoms with van der Waals surface area (Å²) in [5, 5.41) is 8.67. The SMILES string of the molecule is COc1ccc(C(=O)C(C)Sc2nnc(-c3ccco3)n2C)cc1. The van der Waals surface area contributed by atoms with Gasteiger partial charge >= 0.3 is 0 Å². The van der Waals surface area contributed by atoms with E-state index in [0.29, 0.717) is 22.3 Å². The molecule has 2 heterocycles. The van der Waals surface area contributed by atoms with Gasteiger partial charge in [0.2, 0.25) is 0 Å². The Labute approximate surface area is 143 Å². The molecule has 0 fully saturated rings. The van der Waals surface area contributed by atoms with Gasteiger partial charge in [-0.15, -0.1) is 10.2 Å². The molecule has 1 atom stereocenters. The molecule has 0 saturated carbocycles. The van der Waals surface area contributed by atoms with E-state index in [0.717, 1.165) is 5.75 Å². The van der Waals surface area contributed by atoms with Crippen LogP contribution < -0.4 is 4.74 Å². The summed E-state index contributed by atoms with van der Waals surface area (Å²) in [5.74, 6) is 2.03. The van der Waals surface area contributed by atoms with Gasteiger partial charge in [0.15, 0.2) is 22.5 Å². The number of furan rings is 1. The van der Waals surface area contributed by atoms with E-state index in [9.17, 15) is 4.79 Å². The van der Waals surface area contributed by atoms with Gasteiger partial charge in [-0.25, -0.2) is 0 Å². The molecular weight excluding hydrogens is 326 g/mol. The third kappa shape index (κ3) is 3.21. The fraction of sp³-hybridized carbons (Fsp3) is 0.235. The Morgan fingerprint density at radius 3 is 2.62 bits per heavy atom. The topological polar surface area (TPSA) is 70.2 Å². The zero-order chi connectivity index (χ0) is 17.1. The van der Waals surface area contributed by atoms with Crippen molar-refractivity contribution >= 4 is 17.5 Å². The Kier molecular flexibility index (Phi) is 4.71. The molecule has 0 bridgehead atoms. The largest absolute Gasteiger partial charge is 0.497 e. The molecule has 0 aliphatic rings. The van der Waals surface area contributed by atoms with Crippen molar-refractivity contribution in [3.05, 3.63) is 48.2 Å². The van der Waals surface area contributed by atoms with Crippen LogP contribution in [0.2, 0.25) is 0 Å². The lowest BCUT2D eigenvalue weighted by atomic mass is 10.1. The Balaban J connectivity index is 1.74. The van der Waals surface area contributed by atoms with E-state index in [4.69, 9.17) is 9.15 Å². The standard InChI is InChI=1S/C17H17N3O3S/c1-11(15(21)12-6-8-13(22-3)9-7-12)24-17-19-18-16(20(17)2)14-5-4-10-23-14/h4-11H,1-3H3. The van der Waals surface area contributed by atoms with Gasteiger partial charge in [0.1, 0.15) is 5.75 Å². The minimum atomic E-state index is -0.286. The number of hydrogen-bond donors (Lipinski definition) is 0. The minimum Gasteiger partial charge on any atom is -0.497 e. The van der Waals surface area contributed by atoms with Crippen LogP contribution >= 0.6 is 11.8 Å². The zero-order valence-corrected chi connectivity index (χ0v) is 14.4. The van der Waals surface area contributed by atoms with Crippen molar-refractivity contribution in [2.24, 2.45) is 7.05 Å². The predicted octanol–water partition coefficient (Wildman–Crippen LogP) is 3.45. The number of thioether (sulfide) groups is 1. The molecule has 24 heavy (non-hydrogen) atoms. The maximum atomic E-state index is 12.6. The molecule has 0 aliphatic heterocycles. The van der Waals surface area contributed by atoms with Crippen molar-refractivity contribution in [2.75, 3.05) is 7.11 Å². The summed E-state index contributed by atoms with van der Waals surface area (Å²) in [6.07, 6.45) is 1.59. The van der Waals surface area contributed by atoms with Crippen LogP contribution in [0, 0.1) is 0 Å². The molecule has 1 aromatic carbocycles. The molecular formula is C17H17N3O3S. The lowest BCUT2D eigenvalue weighted by Gasteiger charge is -2.10. The molecule has 0 spiro atoms. The van der Waals surface area contributed by atoms with Crippen molar-refractivity contribution in [3.8, 4) is 17.3 Å². The second kappa shape index (κ2) is 6.92. The average Bonchev–Trinajstić information content (AvgIpc) is 3.25. The summed E-state index contributed by atoms with van der Waals surface area (Å²) in [4.78, 5) is 12.6. The van der Waals surface area contributed by atoms with Crippen LogP contribution in [0.15, 0.2) is 52.2 Å². The predicted molar refractivity (Wildman–Crippen MR) is 91.3 cm³/mol. The second-order valence-electron chi connectivity index (χ2n) is 5.20. The monoisotopic (exact) mass is 343 g/mol. The second-order valence-corrected chi connectivity index (χ2v) is 6.50. The van der Waals surface area contributed by atoms with Gasteiger partial charge in [-0.05, 0) is 43.3 Å². The van der Waals surface area contributed by atoms with E-state index < -0.39 is 0 Å². The number of Topliss-reactive ketones (excluding diaryl/α,β-unsaturated/α-hetero) is 1. The number of carbonyl (C=O) groups is 1. The highest BCUT2D eigenvalue weighted by atomic mass is 32.2. The van der Waals surface area contributed by atoms with Crippen LogP contribution in [0.25, 0.3) is 11.6 Å². The van der Waals surface area contributed by atoms with Crippen LogP contribution in [0.5, 0.6) is 5.75 Å². The van der Waals surface area contributed by atoms with Crippen molar-refractivity contribution in [1.82, 2.24) is 14.8 Å². The van der Waals surface area contributed by atoms with Crippen LogP contribution in [-0.2, 0) is 7.05 Å². The highest BCUT2D eigenvalue weighted by molar-refractivity contribution is 8.00. The van der Waals surface area contributed by atoms with Gasteiger partial charge in [-0.3, -0.25) is 4.79 Å². The van der Waals surface area contributed by atoms with E-state index in [-0.39, 0.29) is 11.0 Å². The quantitative estimate of drug-likeness (QED) is 0.504. The summed E-state index contributed by atoms with van der Waals surface area (Å²) in [6.45, 7) is 1.86. The van der Waals surface area contributed by atoms with Crippen LogP contribution in [0.4, 0.5) is 0 Å². The van der Waals surface area contributed by atoms with Crippen molar-refractivity contribution in [2.45, 2.75) is 17.3 Å². The van der Waals surface area contributed by atoms with Gasteiger partial charge in [-0.1, -0.05) is 11.8 Å². The minimum absolute atomic E-state index is 0.0326. The Morgan fingerprint density at radius 1 is 1.25 bits per heavy atom. The molecule has 7 heteroatoms. The molecule has 1 unspecified atom stereocenters. The number of rotatable bonds is 6. The Morgan fingerprint density at radius 2 is 2.00 bits per heavy atom. The van der Waals surface area contributed by atoms with E-state index in [1.54, 1.807) is 43.7 Å². The van der Waals surface area contributed by atoms with E-state index in [1.165, 1.54) is 11.8 Å². The van der Waals surface area contributed by atoms with Crippen LogP contribution in [0.3, 0.4) is 0 Å². The molecule has 0 saturated heterocycles. The van der Waals surface area contributed by atoms with Gasteiger partial charge in [0.25, 0.3) is 0 Å². The van der Waals surface area contributed by atoms with Gasteiger partial charge in [0.05, 0.1) is 18.6 Å².